The van der Waals surface area contributed by atoms with Gasteiger partial charge in [0.1, 0.15) is 5.82 Å². The summed E-state index contributed by atoms with van der Waals surface area (Å²) in [7, 11) is 0. The fourth-order valence-electron chi connectivity index (χ4n) is 1.99. The van der Waals surface area contributed by atoms with Crippen LogP contribution in [0.5, 0.6) is 0 Å². The molecule has 0 aliphatic heterocycles. The van der Waals surface area contributed by atoms with Crippen molar-refractivity contribution in [3.8, 4) is 0 Å². The summed E-state index contributed by atoms with van der Waals surface area (Å²) in [6.07, 6.45) is 3.07. The van der Waals surface area contributed by atoms with Crippen LogP contribution < -0.4 is 10.6 Å². The van der Waals surface area contributed by atoms with Crippen molar-refractivity contribution in [2.24, 2.45) is 0 Å². The van der Waals surface area contributed by atoms with Crippen molar-refractivity contribution in [3.63, 3.8) is 0 Å². The van der Waals surface area contributed by atoms with Crippen molar-refractivity contribution in [3.05, 3.63) is 66.4 Å². The molecule has 0 unspecified atom stereocenters. The van der Waals surface area contributed by atoms with Crippen LogP contribution in [-0.4, -0.2) is 30.0 Å². The van der Waals surface area contributed by atoms with Gasteiger partial charge in [0.05, 0.1) is 23.4 Å². The van der Waals surface area contributed by atoms with Crippen LogP contribution in [0.4, 0.5) is 11.5 Å². The summed E-state index contributed by atoms with van der Waals surface area (Å²) >= 11 is 0. The number of benzene rings is 1. The van der Waals surface area contributed by atoms with Crippen LogP contribution in [0.2, 0.25) is 0 Å². The normalized spacial score (nSPS) is 9.88. The van der Waals surface area contributed by atoms with Crippen molar-refractivity contribution in [1.82, 2.24) is 10.3 Å². The van der Waals surface area contributed by atoms with Crippen LogP contribution in [0.1, 0.15) is 27.6 Å². The van der Waals surface area contributed by atoms with Crippen molar-refractivity contribution in [2.45, 2.75) is 6.92 Å². The Kier molecular flexibility index (Phi) is 6.08. The van der Waals surface area contributed by atoms with Gasteiger partial charge in [-0.3, -0.25) is 4.79 Å². The average Bonchev–Trinajstić information content (AvgIpc) is 2.61. The first-order chi connectivity index (χ1) is 11.7. The summed E-state index contributed by atoms with van der Waals surface area (Å²) in [5.74, 6) is -0.103. The summed E-state index contributed by atoms with van der Waals surface area (Å²) in [6, 6.07) is 10.3. The first kappa shape index (κ1) is 17.2. The number of amides is 1. The van der Waals surface area contributed by atoms with Gasteiger partial charge in [0, 0.05) is 12.7 Å². The molecule has 124 valence electrons. The van der Waals surface area contributed by atoms with Crippen molar-refractivity contribution in [2.75, 3.05) is 18.5 Å². The van der Waals surface area contributed by atoms with Gasteiger partial charge in [-0.2, -0.15) is 0 Å². The van der Waals surface area contributed by atoms with E-state index in [-0.39, 0.29) is 5.91 Å². The molecule has 6 nitrogen and oxygen atoms in total. The van der Waals surface area contributed by atoms with Crippen molar-refractivity contribution < 1.29 is 14.3 Å². The first-order valence-electron chi connectivity index (χ1n) is 7.54. The lowest BCUT2D eigenvalue weighted by molar-refractivity contribution is 0.0527. The molecule has 0 saturated carbocycles. The zero-order valence-corrected chi connectivity index (χ0v) is 13.4. The Morgan fingerprint density at radius 2 is 2.04 bits per heavy atom. The van der Waals surface area contributed by atoms with Crippen LogP contribution >= 0.6 is 0 Å². The number of hydrogen-bond acceptors (Lipinski definition) is 5. The number of anilines is 2. The number of carbonyl (C=O) groups excluding carboxylic acids is 2. The van der Waals surface area contributed by atoms with Gasteiger partial charge < -0.3 is 15.4 Å². The molecule has 2 rings (SSSR count). The minimum atomic E-state index is -0.402. The van der Waals surface area contributed by atoms with Gasteiger partial charge in [0.25, 0.3) is 5.91 Å². The predicted molar refractivity (Wildman–Crippen MR) is 92.4 cm³/mol. The number of nitrogens with one attached hydrogen (secondary N) is 2. The number of pyridine rings is 1. The van der Waals surface area contributed by atoms with E-state index >= 15 is 0 Å². The van der Waals surface area contributed by atoms with Gasteiger partial charge in [-0.1, -0.05) is 18.2 Å². The second-order valence-electron chi connectivity index (χ2n) is 4.82. The Balaban J connectivity index is 2.13. The van der Waals surface area contributed by atoms with Crippen LogP contribution in [0.25, 0.3) is 0 Å². The fraction of sp³-hybridized carbons (Fsp3) is 0.167. The summed E-state index contributed by atoms with van der Waals surface area (Å²) in [5, 5.41) is 5.74. The van der Waals surface area contributed by atoms with E-state index in [4.69, 9.17) is 4.74 Å². The van der Waals surface area contributed by atoms with Crippen LogP contribution in [0, 0.1) is 0 Å². The predicted octanol–water partition coefficient (Wildman–Crippen LogP) is 2.92. The Hall–Kier alpha value is -3.15. The van der Waals surface area contributed by atoms with E-state index in [9.17, 15) is 9.59 Å². The maximum absolute atomic E-state index is 12.0. The van der Waals surface area contributed by atoms with E-state index < -0.39 is 5.97 Å². The zero-order valence-electron chi connectivity index (χ0n) is 13.4. The summed E-state index contributed by atoms with van der Waals surface area (Å²) < 4.78 is 5.03. The van der Waals surface area contributed by atoms with E-state index in [2.05, 4.69) is 22.2 Å². The first-order valence-corrected chi connectivity index (χ1v) is 7.54. The lowest BCUT2D eigenvalue weighted by atomic mass is 10.1. The molecular weight excluding hydrogens is 306 g/mol. The van der Waals surface area contributed by atoms with Crippen LogP contribution in [0.15, 0.2) is 55.3 Å². The largest absolute Gasteiger partial charge is 0.462 e. The number of ether oxygens (including phenoxy) is 1. The summed E-state index contributed by atoms with van der Waals surface area (Å²) in [4.78, 5) is 28.0. The van der Waals surface area contributed by atoms with Crippen molar-refractivity contribution >= 4 is 23.4 Å². The summed E-state index contributed by atoms with van der Waals surface area (Å²) in [6.45, 7) is 6.00. The van der Waals surface area contributed by atoms with Gasteiger partial charge in [-0.15, -0.1) is 6.58 Å². The third-order valence-corrected chi connectivity index (χ3v) is 3.12. The van der Waals surface area contributed by atoms with E-state index in [1.807, 2.05) is 6.07 Å². The number of hydrogen-bond donors (Lipinski definition) is 2. The second kappa shape index (κ2) is 8.47. The Bertz CT molecular complexity index is 727. The smallest absolute Gasteiger partial charge is 0.340 e. The topological polar surface area (TPSA) is 80.3 Å². The molecule has 6 heteroatoms. The number of nitrogens with zero attached hydrogens (tertiary/aromatic N) is 1. The summed E-state index contributed by atoms with van der Waals surface area (Å²) in [5.41, 5.74) is 1.46. The third kappa shape index (κ3) is 4.42. The molecule has 2 N–H and O–H groups in total. The monoisotopic (exact) mass is 325 g/mol. The molecule has 24 heavy (non-hydrogen) atoms. The molecule has 0 bridgehead atoms. The van der Waals surface area contributed by atoms with Crippen LogP contribution in [0.3, 0.4) is 0 Å². The average molecular weight is 325 g/mol. The number of rotatable bonds is 7. The fourth-order valence-corrected chi connectivity index (χ4v) is 1.99. The van der Waals surface area contributed by atoms with E-state index in [0.29, 0.717) is 35.8 Å². The van der Waals surface area contributed by atoms with Crippen LogP contribution in [-0.2, 0) is 4.74 Å². The molecule has 0 saturated heterocycles. The van der Waals surface area contributed by atoms with Crippen molar-refractivity contribution in [1.29, 1.82) is 0 Å². The highest BCUT2D eigenvalue weighted by Gasteiger charge is 2.12. The number of carbonyl (C=O) groups is 2. The Morgan fingerprint density at radius 1 is 1.25 bits per heavy atom. The molecule has 0 fully saturated rings. The lowest BCUT2D eigenvalue weighted by Gasteiger charge is -2.11. The van der Waals surface area contributed by atoms with E-state index in [0.717, 1.165) is 0 Å². The van der Waals surface area contributed by atoms with Gasteiger partial charge in [-0.25, -0.2) is 9.78 Å². The molecule has 1 heterocycles. The molecule has 0 aliphatic carbocycles. The highest BCUT2D eigenvalue weighted by molar-refractivity contribution is 5.96. The Labute approximate surface area is 140 Å². The SMILES string of the molecule is C=CCNC(=O)c1ccc(Nc2ccccc2C(=O)OCC)nc1. The minimum absolute atomic E-state index is 0.221. The highest BCUT2D eigenvalue weighted by Crippen LogP contribution is 2.20. The van der Waals surface area contributed by atoms with Gasteiger partial charge >= 0.3 is 5.97 Å². The molecule has 0 spiro atoms. The Morgan fingerprint density at radius 3 is 2.71 bits per heavy atom. The second-order valence-corrected chi connectivity index (χ2v) is 4.82. The zero-order chi connectivity index (χ0) is 17.4. The van der Waals surface area contributed by atoms with E-state index in [1.54, 1.807) is 43.3 Å². The van der Waals surface area contributed by atoms with E-state index in [1.165, 1.54) is 6.20 Å². The highest BCUT2D eigenvalue weighted by atomic mass is 16.5. The standard InChI is InChI=1S/C18H19N3O3/c1-3-11-19-17(22)13-9-10-16(20-12-13)21-15-8-6-5-7-14(15)18(23)24-4-2/h3,5-10,12H,1,4,11H2,2H3,(H,19,22)(H,20,21). The molecule has 0 radical (unpaired) electrons. The van der Waals surface area contributed by atoms with Gasteiger partial charge in [0.2, 0.25) is 0 Å². The molecule has 1 aromatic carbocycles. The number of aromatic nitrogens is 1. The number of esters is 1. The quantitative estimate of drug-likeness (QED) is 0.604. The van der Waals surface area contributed by atoms with Gasteiger partial charge in [0.15, 0.2) is 0 Å². The molecule has 1 aromatic heterocycles. The van der Waals surface area contributed by atoms with Gasteiger partial charge in [-0.05, 0) is 31.2 Å². The molecule has 0 aliphatic rings. The number of para-hydroxylation sites is 1. The molecule has 2 aromatic rings. The molecule has 0 atom stereocenters. The molecular formula is C18H19N3O3. The minimum Gasteiger partial charge on any atom is -0.462 e. The third-order valence-electron chi connectivity index (χ3n) is 3.12. The maximum atomic E-state index is 12.0. The molecule has 1 amide bonds. The maximum Gasteiger partial charge on any atom is 0.340 e. The lowest BCUT2D eigenvalue weighted by Crippen LogP contribution is -2.23.